The molecule has 0 aromatic carbocycles. The number of carboxylic acids is 2. The number of hydrogen-bond acceptors (Lipinski definition) is 42. The summed E-state index contributed by atoms with van der Waals surface area (Å²) in [6, 6.07) is -1.19. The summed E-state index contributed by atoms with van der Waals surface area (Å²) in [4.78, 5) is 48.6. The molecule has 17 aliphatic heterocycles. The second-order valence-electron chi connectivity index (χ2n) is 25.1. The van der Waals surface area contributed by atoms with E-state index in [-0.39, 0.29) is 62.3 Å². The van der Waals surface area contributed by atoms with E-state index in [0.29, 0.717) is 0 Å². The molecule has 0 saturated carbocycles. The number of aliphatic hydroxyl groups is 19. The largest absolute Gasteiger partial charge is 0.481 e. The van der Waals surface area contributed by atoms with Gasteiger partial charge in [-0.2, -0.15) is 23.5 Å². The van der Waals surface area contributed by atoms with Crippen LogP contribution in [0.25, 0.3) is 0 Å². The number of likely N-dealkylation sites (N-methyl/N-ethyl adjacent to an activating group) is 1. The van der Waals surface area contributed by atoms with Crippen LogP contribution in [0, 0.1) is 5.92 Å². The lowest BCUT2D eigenvalue weighted by atomic mass is 9.95. The topological polar surface area (TPSA) is 653 Å². The van der Waals surface area contributed by atoms with Gasteiger partial charge in [-0.15, -0.1) is 0 Å². The van der Waals surface area contributed by atoms with E-state index < -0.39 is 284 Å². The van der Waals surface area contributed by atoms with E-state index in [2.05, 4.69) is 5.32 Å². The summed E-state index contributed by atoms with van der Waals surface area (Å²) >= 11 is 1.66. The first-order chi connectivity index (χ1) is 48.4. The highest BCUT2D eigenvalue weighted by molar-refractivity contribution is 7.99. The Morgan fingerprint density at radius 1 is 0.480 bits per heavy atom. The number of aliphatic hydroxyl groups excluding tert-OH is 18. The van der Waals surface area contributed by atoms with E-state index in [1.54, 1.807) is 0 Å². The number of Topliss-reactive ketones (excluding diaryl/α,β-unsaturated/α-hetero) is 2. The number of carbonyl (C=O) groups is 4. The third-order valence-corrected chi connectivity index (χ3v) is 20.0. The number of fused-ring (bicyclic) bond motifs is 1. The van der Waals surface area contributed by atoms with E-state index in [0.717, 1.165) is 23.5 Å². The van der Waals surface area contributed by atoms with Gasteiger partial charge < -0.3 is 188 Å². The number of carboxylic acid groups (broad SMARTS) is 2. The van der Waals surface area contributed by atoms with Crippen molar-refractivity contribution in [2.45, 2.75) is 229 Å². The SMILES string of the molecule is CN[C@H](CSCC1O[C@@H]2O[C@@H]3C(CO)O[C@H](O[C@]4(O)CO[C@H](O[C@@H]5C(CO)O[C@H](O[C@@H]6C(CSC[C@@H](CC(=O)CCOCCOCCC(C)=O)C(=O)O)O[C@H](OC[C@H](O)C(O)[C@@H](OCCO)O[C@H]7C(CO)O[C@@H](O[C@@H]1[C@H](O)C2O)C(O)[C@H]7O)C(O)[C@H]6O)C(O)[C@H]5O)C(O)[C@H]4O)C(O)[C@H]3O)C(=O)O. The van der Waals surface area contributed by atoms with E-state index in [1.165, 1.54) is 14.0 Å². The molecule has 12 bridgehead atoms. The van der Waals surface area contributed by atoms with Crippen molar-refractivity contribution in [2.75, 3.05) is 103 Å². The van der Waals surface area contributed by atoms with Crippen molar-refractivity contribution in [1.82, 2.24) is 5.32 Å². The van der Waals surface area contributed by atoms with Crippen LogP contribution in [-0.2, 0) is 95.0 Å². The minimum Gasteiger partial charge on any atom is -0.481 e. The van der Waals surface area contributed by atoms with Gasteiger partial charge in [0.05, 0.1) is 84.2 Å². The van der Waals surface area contributed by atoms with Crippen LogP contribution in [0.1, 0.15) is 26.2 Å². The van der Waals surface area contributed by atoms with Crippen LogP contribution in [0.15, 0.2) is 0 Å². The fourth-order valence-electron chi connectivity index (χ4n) is 11.7. The highest BCUT2D eigenvalue weighted by atomic mass is 32.2. The number of rotatable bonds is 28. The zero-order valence-electron chi connectivity index (χ0n) is 55.2. The molecule has 22 N–H and O–H groups in total. The summed E-state index contributed by atoms with van der Waals surface area (Å²) in [5.41, 5.74) is 0. The van der Waals surface area contributed by atoms with Gasteiger partial charge in [0.25, 0.3) is 0 Å². The van der Waals surface area contributed by atoms with Crippen LogP contribution < -0.4 is 5.32 Å². The molecule has 17 heterocycles. The van der Waals surface area contributed by atoms with Crippen LogP contribution >= 0.6 is 23.5 Å². The summed E-state index contributed by atoms with van der Waals surface area (Å²) in [5, 5.41) is 238. The fraction of sp³-hybridized carbons (Fsp3) is 0.931. The molecule has 17 aliphatic rings. The Hall–Kier alpha value is -2.46. The third-order valence-electron chi connectivity index (χ3n) is 17.6. The first kappa shape index (κ1) is 86.8. The molecule has 0 aromatic heterocycles. The third kappa shape index (κ3) is 22.2. The lowest BCUT2D eigenvalue weighted by Gasteiger charge is -2.50. The molecule has 12 unspecified atom stereocenters. The van der Waals surface area contributed by atoms with Gasteiger partial charge in [-0.1, -0.05) is 0 Å². The van der Waals surface area contributed by atoms with Gasteiger partial charge in [-0.25, -0.2) is 0 Å². The van der Waals surface area contributed by atoms with Crippen LogP contribution in [0.2, 0.25) is 0 Å². The van der Waals surface area contributed by atoms with Gasteiger partial charge in [0.15, 0.2) is 44.0 Å². The number of nitrogens with one attached hydrogen (secondary N) is 1. The molecular weight excluding hydrogens is 1430 g/mol. The maximum absolute atomic E-state index is 13.0. The van der Waals surface area contributed by atoms with Crippen LogP contribution in [0.4, 0.5) is 0 Å². The van der Waals surface area contributed by atoms with Gasteiger partial charge in [0, 0.05) is 42.3 Å². The fourth-order valence-corrected chi connectivity index (χ4v) is 14.1. The Balaban J connectivity index is 1.17. The molecule has 0 spiro atoms. The van der Waals surface area contributed by atoms with Crippen LogP contribution in [-0.4, -0.2) is 436 Å². The Morgan fingerprint density at radius 3 is 1.37 bits per heavy atom. The minimum absolute atomic E-state index is 0.0689. The molecule has 17 saturated heterocycles. The predicted octanol–water partition coefficient (Wildman–Crippen LogP) is -12.8. The first-order valence-corrected chi connectivity index (χ1v) is 35.0. The van der Waals surface area contributed by atoms with Crippen molar-refractivity contribution in [1.29, 1.82) is 0 Å². The number of ketones is 2. The van der Waals surface area contributed by atoms with Crippen molar-refractivity contribution < 1.29 is 202 Å². The number of aliphatic carboxylic acids is 2. The van der Waals surface area contributed by atoms with Gasteiger partial charge in [-0.3, -0.25) is 19.2 Å². The zero-order chi connectivity index (χ0) is 75.0. The maximum atomic E-state index is 13.0. The molecule has 17 fully saturated rings. The molecular formula is C58H97NO41S2. The van der Waals surface area contributed by atoms with Crippen molar-refractivity contribution >= 4 is 47.0 Å². The van der Waals surface area contributed by atoms with Gasteiger partial charge in [0.2, 0.25) is 5.79 Å². The molecule has 34 atom stereocenters. The zero-order valence-corrected chi connectivity index (χ0v) is 56.8. The highest BCUT2D eigenvalue weighted by Crippen LogP contribution is 2.39. The van der Waals surface area contributed by atoms with Gasteiger partial charge >= 0.3 is 11.9 Å². The average Bonchev–Trinajstić information content (AvgIpc) is 0.773. The van der Waals surface area contributed by atoms with Crippen molar-refractivity contribution in [3.8, 4) is 0 Å². The molecule has 102 heavy (non-hydrogen) atoms. The molecule has 17 rings (SSSR count). The highest BCUT2D eigenvalue weighted by Gasteiger charge is 2.60. The van der Waals surface area contributed by atoms with E-state index in [4.69, 9.17) is 75.8 Å². The number of hydrogen-bond donors (Lipinski definition) is 22. The Morgan fingerprint density at radius 2 is 0.902 bits per heavy atom. The normalized spacial score (nSPS) is 43.3. The molecule has 44 heteroatoms. The molecule has 0 amide bonds. The molecule has 0 aromatic rings. The second kappa shape index (κ2) is 40.8. The Labute approximate surface area is 589 Å². The van der Waals surface area contributed by atoms with Crippen LogP contribution in [0.3, 0.4) is 0 Å². The van der Waals surface area contributed by atoms with Gasteiger partial charge in [-0.05, 0) is 14.0 Å². The molecule has 0 radical (unpaired) electrons. The summed E-state index contributed by atoms with van der Waals surface area (Å²) in [7, 11) is 1.34. The van der Waals surface area contributed by atoms with E-state index >= 15 is 0 Å². The van der Waals surface area contributed by atoms with Gasteiger partial charge in [0.1, 0.15) is 159 Å². The molecule has 592 valence electrons. The smallest absolute Gasteiger partial charge is 0.321 e. The summed E-state index contributed by atoms with van der Waals surface area (Å²) in [6.45, 7) is -5.47. The monoisotopic (exact) mass is 1530 g/mol. The minimum atomic E-state index is -3.14. The Kier molecular flexibility index (Phi) is 34.7. The number of thioether (sulfide) groups is 2. The number of ether oxygens (including phenoxy) is 16. The van der Waals surface area contributed by atoms with Crippen molar-refractivity contribution in [2.24, 2.45) is 5.92 Å². The van der Waals surface area contributed by atoms with Crippen molar-refractivity contribution in [3.05, 3.63) is 0 Å². The average molecular weight is 1530 g/mol. The maximum Gasteiger partial charge on any atom is 0.321 e. The second-order valence-corrected chi connectivity index (χ2v) is 27.2. The summed E-state index contributed by atoms with van der Waals surface area (Å²) < 4.78 is 91.6. The lowest BCUT2D eigenvalue weighted by molar-refractivity contribution is -0.432. The summed E-state index contributed by atoms with van der Waals surface area (Å²) in [5.74, 6) is -9.16. The predicted molar refractivity (Wildman–Crippen MR) is 329 cm³/mol. The number of carbonyl (C=O) groups excluding carboxylic acids is 2. The Bertz CT molecular complexity index is 2550. The van der Waals surface area contributed by atoms with Crippen molar-refractivity contribution in [3.63, 3.8) is 0 Å². The lowest BCUT2D eigenvalue weighted by Crippen LogP contribution is -2.69. The van der Waals surface area contributed by atoms with E-state index in [1.807, 2.05) is 0 Å². The van der Waals surface area contributed by atoms with E-state index in [9.17, 15) is 126 Å². The standard InChI is InChI=1S/C58H97NO41S2/c1-21(64)3-6-85-9-10-86-7-4-23(65)11-22(49(80)81)16-101-18-29-46-32(68)37(73)52(93-29)88-15-25(66)31(67)51(87-8-5-60)95-43-26(12-61)90-55(38(74)33(43)69)99-47-30(19-102-17-24(59-2)50(82)83)94-56(40(76)35(47)71)97-45-28(14-63)92-57(41(77)36(45)72)100-58(84)20-89-53(42(78)48(58)79)96-44-27(13-62)91-54(98-46)39(75)34(44)70/h22,24-48,51-57,59-63,66-79,84H,3-20H2,1-2H3,(H,80,81)(H,82,83)/t22-,24-,25+,26?,27?,28?,29?,30?,31?,32-,33-,34-,35-,36-,37?,38?,39?,40?,41?,42?,43+,44-,45-,46-,47+,48-,51+,52+,53-,54-,55+,56-,57-,58-/m1/s1. The quantitative estimate of drug-likeness (QED) is 0.0324. The first-order valence-electron chi connectivity index (χ1n) is 32.6. The molecule has 0 aliphatic carbocycles. The molecule has 42 nitrogen and oxygen atoms in total. The summed E-state index contributed by atoms with van der Waals surface area (Å²) in [6.07, 6.45) is -66.1. The van der Waals surface area contributed by atoms with Crippen LogP contribution in [0.5, 0.6) is 0 Å².